The lowest BCUT2D eigenvalue weighted by molar-refractivity contribution is 0.424. The van der Waals surface area contributed by atoms with Gasteiger partial charge in [-0.25, -0.2) is 0 Å². The zero-order valence-corrected chi connectivity index (χ0v) is 14.6. The first-order valence-electron chi connectivity index (χ1n) is 8.71. The summed E-state index contributed by atoms with van der Waals surface area (Å²) in [6.45, 7) is 6.66. The smallest absolute Gasteiger partial charge is 0.0406 e. The molecule has 2 heteroatoms. The maximum absolute atomic E-state index is 5.96. The van der Waals surface area contributed by atoms with Gasteiger partial charge in [-0.05, 0) is 49.5 Å². The van der Waals surface area contributed by atoms with Gasteiger partial charge in [0.2, 0.25) is 0 Å². The molecule has 1 atom stereocenters. The van der Waals surface area contributed by atoms with Gasteiger partial charge in [0.25, 0.3) is 0 Å². The van der Waals surface area contributed by atoms with E-state index in [4.69, 9.17) is 11.6 Å². The Morgan fingerprint density at radius 3 is 2.29 bits per heavy atom. The molecule has 0 aliphatic carbocycles. The molecule has 0 spiro atoms. The fourth-order valence-electron chi connectivity index (χ4n) is 2.79. The Morgan fingerprint density at radius 1 is 0.952 bits per heavy atom. The summed E-state index contributed by atoms with van der Waals surface area (Å²) in [6.07, 6.45) is 10.8. The average molecular weight is 310 g/mol. The largest absolute Gasteiger partial charge is 0.317 e. The summed E-state index contributed by atoms with van der Waals surface area (Å²) in [6, 6.07) is 8.35. The van der Waals surface area contributed by atoms with E-state index in [0.717, 1.165) is 24.0 Å². The maximum Gasteiger partial charge on any atom is 0.0406 e. The van der Waals surface area contributed by atoms with Gasteiger partial charge < -0.3 is 5.32 Å². The molecule has 0 aromatic heterocycles. The molecule has 21 heavy (non-hydrogen) atoms. The molecule has 0 bridgehead atoms. The maximum atomic E-state index is 5.96. The Bertz CT molecular complexity index is 347. The number of nitrogens with one attached hydrogen (secondary N) is 1. The molecular formula is C19H32ClN. The van der Waals surface area contributed by atoms with Crippen LogP contribution in [0, 0.1) is 5.92 Å². The van der Waals surface area contributed by atoms with Crippen molar-refractivity contribution >= 4 is 11.6 Å². The first kappa shape index (κ1) is 18.5. The van der Waals surface area contributed by atoms with Gasteiger partial charge in [-0.15, -0.1) is 0 Å². The van der Waals surface area contributed by atoms with Gasteiger partial charge in [-0.3, -0.25) is 0 Å². The van der Waals surface area contributed by atoms with Crippen LogP contribution in [0.4, 0.5) is 0 Å². The Kier molecular flexibility index (Phi) is 10.6. The summed E-state index contributed by atoms with van der Waals surface area (Å²) >= 11 is 5.96. The summed E-state index contributed by atoms with van der Waals surface area (Å²) in [5, 5.41) is 4.35. The zero-order chi connectivity index (χ0) is 15.3. The Labute approximate surface area is 136 Å². The number of hydrogen-bond donors (Lipinski definition) is 1. The third kappa shape index (κ3) is 9.16. The van der Waals surface area contributed by atoms with E-state index in [1.54, 1.807) is 0 Å². The van der Waals surface area contributed by atoms with Crippen LogP contribution in [0.1, 0.15) is 64.4 Å². The number of rotatable bonds is 12. The number of hydrogen-bond acceptors (Lipinski definition) is 1. The highest BCUT2D eigenvalue weighted by Crippen LogP contribution is 2.18. The Hall–Kier alpha value is -0.530. The monoisotopic (exact) mass is 309 g/mol. The fourth-order valence-corrected chi connectivity index (χ4v) is 2.92. The summed E-state index contributed by atoms with van der Waals surface area (Å²) in [5.41, 5.74) is 1.41. The van der Waals surface area contributed by atoms with Crippen LogP contribution in [0.5, 0.6) is 0 Å². The first-order chi connectivity index (χ1) is 10.3. The minimum atomic E-state index is 0.748. The van der Waals surface area contributed by atoms with Crippen molar-refractivity contribution in [1.29, 1.82) is 0 Å². The lowest BCUT2D eigenvalue weighted by atomic mass is 9.93. The highest BCUT2D eigenvalue weighted by atomic mass is 35.5. The summed E-state index contributed by atoms with van der Waals surface area (Å²) in [5.74, 6) is 0.748. The van der Waals surface area contributed by atoms with Crippen LogP contribution >= 0.6 is 11.6 Å². The van der Waals surface area contributed by atoms with E-state index in [9.17, 15) is 0 Å². The van der Waals surface area contributed by atoms with Crippen LogP contribution < -0.4 is 5.32 Å². The second-order valence-electron chi connectivity index (χ2n) is 6.06. The van der Waals surface area contributed by atoms with E-state index in [1.807, 2.05) is 12.1 Å². The summed E-state index contributed by atoms with van der Waals surface area (Å²) in [7, 11) is 0. The number of halogens is 1. The molecule has 0 amide bonds. The quantitative estimate of drug-likeness (QED) is 0.477. The normalized spacial score (nSPS) is 12.5. The van der Waals surface area contributed by atoms with Crippen LogP contribution in [-0.2, 0) is 6.42 Å². The molecule has 0 radical (unpaired) electrons. The van der Waals surface area contributed by atoms with Crippen LogP contribution in [-0.4, -0.2) is 13.1 Å². The second kappa shape index (κ2) is 12.1. The number of unbranched alkanes of at least 4 members (excludes halogenated alkanes) is 5. The SMILES string of the molecule is CCCCCCCCC(CNCC)Cc1ccc(Cl)cc1. The van der Waals surface area contributed by atoms with Crippen molar-refractivity contribution in [3.63, 3.8) is 0 Å². The third-order valence-corrected chi connectivity index (χ3v) is 4.34. The van der Waals surface area contributed by atoms with Crippen LogP contribution in [0.3, 0.4) is 0 Å². The molecule has 120 valence electrons. The fraction of sp³-hybridized carbons (Fsp3) is 0.684. The van der Waals surface area contributed by atoms with Crippen molar-refractivity contribution in [3.8, 4) is 0 Å². The predicted octanol–water partition coefficient (Wildman–Crippen LogP) is 5.86. The van der Waals surface area contributed by atoms with Crippen LogP contribution in [0.2, 0.25) is 5.02 Å². The van der Waals surface area contributed by atoms with Crippen molar-refractivity contribution < 1.29 is 0 Å². The van der Waals surface area contributed by atoms with E-state index in [2.05, 4.69) is 31.3 Å². The molecule has 1 N–H and O–H groups in total. The molecule has 0 aliphatic heterocycles. The molecule has 0 fully saturated rings. The van der Waals surface area contributed by atoms with E-state index < -0.39 is 0 Å². The minimum absolute atomic E-state index is 0.748. The molecule has 1 nitrogen and oxygen atoms in total. The number of benzene rings is 1. The van der Waals surface area contributed by atoms with Gasteiger partial charge in [0.1, 0.15) is 0 Å². The highest BCUT2D eigenvalue weighted by molar-refractivity contribution is 6.30. The lowest BCUT2D eigenvalue weighted by Gasteiger charge is -2.17. The Balaban J connectivity index is 2.31. The van der Waals surface area contributed by atoms with Gasteiger partial charge in [-0.1, -0.05) is 76.1 Å². The van der Waals surface area contributed by atoms with Gasteiger partial charge >= 0.3 is 0 Å². The minimum Gasteiger partial charge on any atom is -0.317 e. The molecule has 0 aliphatic rings. The molecule has 0 heterocycles. The van der Waals surface area contributed by atoms with Crippen molar-refractivity contribution in [2.45, 2.75) is 65.2 Å². The molecule has 1 aromatic carbocycles. The lowest BCUT2D eigenvalue weighted by Crippen LogP contribution is -2.24. The second-order valence-corrected chi connectivity index (χ2v) is 6.50. The average Bonchev–Trinajstić information content (AvgIpc) is 2.50. The topological polar surface area (TPSA) is 12.0 Å². The van der Waals surface area contributed by atoms with Crippen molar-refractivity contribution in [1.82, 2.24) is 5.32 Å². The van der Waals surface area contributed by atoms with Gasteiger partial charge in [0, 0.05) is 5.02 Å². The van der Waals surface area contributed by atoms with Gasteiger partial charge in [0.15, 0.2) is 0 Å². The van der Waals surface area contributed by atoms with Crippen molar-refractivity contribution in [2.24, 2.45) is 5.92 Å². The first-order valence-corrected chi connectivity index (χ1v) is 9.09. The molecule has 0 saturated carbocycles. The Morgan fingerprint density at radius 2 is 1.62 bits per heavy atom. The predicted molar refractivity (Wildman–Crippen MR) is 95.2 cm³/mol. The zero-order valence-electron chi connectivity index (χ0n) is 13.8. The molecule has 1 aromatic rings. The van der Waals surface area contributed by atoms with Crippen molar-refractivity contribution in [3.05, 3.63) is 34.9 Å². The van der Waals surface area contributed by atoms with E-state index >= 15 is 0 Å². The van der Waals surface area contributed by atoms with Crippen LogP contribution in [0.15, 0.2) is 24.3 Å². The molecule has 1 rings (SSSR count). The molecular weight excluding hydrogens is 278 g/mol. The van der Waals surface area contributed by atoms with Gasteiger partial charge in [-0.2, -0.15) is 0 Å². The standard InChI is InChI=1S/C19H32ClN/c1-3-5-6-7-8-9-10-18(16-21-4-2)15-17-11-13-19(20)14-12-17/h11-14,18,21H,3-10,15-16H2,1-2H3. The van der Waals surface area contributed by atoms with Crippen LogP contribution in [0.25, 0.3) is 0 Å². The van der Waals surface area contributed by atoms with E-state index in [0.29, 0.717) is 0 Å². The highest BCUT2D eigenvalue weighted by Gasteiger charge is 2.09. The molecule has 1 unspecified atom stereocenters. The summed E-state index contributed by atoms with van der Waals surface area (Å²) in [4.78, 5) is 0. The van der Waals surface area contributed by atoms with E-state index in [-0.39, 0.29) is 0 Å². The summed E-state index contributed by atoms with van der Waals surface area (Å²) < 4.78 is 0. The molecule has 0 saturated heterocycles. The third-order valence-electron chi connectivity index (χ3n) is 4.09. The van der Waals surface area contributed by atoms with Crippen molar-refractivity contribution in [2.75, 3.05) is 13.1 Å². The van der Waals surface area contributed by atoms with Gasteiger partial charge in [0.05, 0.1) is 0 Å². The van der Waals surface area contributed by atoms with E-state index in [1.165, 1.54) is 56.9 Å².